The predicted molar refractivity (Wildman–Crippen MR) is 139 cm³/mol. The lowest BCUT2D eigenvalue weighted by Crippen LogP contribution is -2.42. The maximum Gasteiger partial charge on any atom is 0.269 e. The van der Waals surface area contributed by atoms with Crippen molar-refractivity contribution in [2.75, 3.05) is 5.75 Å². The van der Waals surface area contributed by atoms with Crippen molar-refractivity contribution < 1.29 is 9.59 Å². The van der Waals surface area contributed by atoms with Crippen molar-refractivity contribution in [3.8, 4) is 5.69 Å². The van der Waals surface area contributed by atoms with Crippen LogP contribution in [0.25, 0.3) is 15.9 Å². The number of thiophene rings is 1. The minimum Gasteiger partial charge on any atom is -0.272 e. The molecule has 1 aliphatic rings. The summed E-state index contributed by atoms with van der Waals surface area (Å²) in [5.74, 6) is -0.799. The van der Waals surface area contributed by atoms with Crippen molar-refractivity contribution in [1.29, 1.82) is 0 Å². The van der Waals surface area contributed by atoms with Gasteiger partial charge in [-0.25, -0.2) is 4.98 Å². The van der Waals surface area contributed by atoms with E-state index < -0.39 is 11.8 Å². The second kappa shape index (κ2) is 10.1. The standard InChI is InChI=1S/C26H24N4O3S2/c1-16-11-13-17(14-12-16)23(32)29-28-21(31)15-34-26-27-24-22(19-9-5-6-10-20(19)35-24)25(33)30(26)18-7-3-2-4-8-18/h2-4,7-8,11-14H,5-6,9-10,15H2,1H3,(H,28,31)(H,29,32). The van der Waals surface area contributed by atoms with Gasteiger partial charge >= 0.3 is 0 Å². The van der Waals surface area contributed by atoms with E-state index in [1.165, 1.54) is 16.6 Å². The molecule has 178 valence electrons. The topological polar surface area (TPSA) is 93.1 Å². The van der Waals surface area contributed by atoms with Crippen molar-refractivity contribution >= 4 is 45.1 Å². The Morgan fingerprint density at radius 3 is 2.54 bits per heavy atom. The number of rotatable bonds is 5. The van der Waals surface area contributed by atoms with Gasteiger partial charge in [0.25, 0.3) is 11.5 Å². The molecule has 0 unspecified atom stereocenters. The van der Waals surface area contributed by atoms with Gasteiger partial charge in [-0.05, 0) is 62.4 Å². The van der Waals surface area contributed by atoms with Crippen molar-refractivity contribution in [2.24, 2.45) is 0 Å². The van der Waals surface area contributed by atoms with Crippen molar-refractivity contribution in [1.82, 2.24) is 20.4 Å². The minimum atomic E-state index is -0.395. The minimum absolute atomic E-state index is 0.00987. The molecular formula is C26H24N4O3S2. The molecule has 9 heteroatoms. The predicted octanol–water partition coefficient (Wildman–Crippen LogP) is 4.19. The quantitative estimate of drug-likeness (QED) is 0.242. The van der Waals surface area contributed by atoms with Gasteiger partial charge in [-0.2, -0.15) is 0 Å². The van der Waals surface area contributed by atoms with E-state index in [1.54, 1.807) is 28.0 Å². The molecule has 0 saturated carbocycles. The second-order valence-corrected chi connectivity index (χ2v) is 10.4. The number of para-hydroxylation sites is 1. The first-order chi connectivity index (χ1) is 17.0. The summed E-state index contributed by atoms with van der Waals surface area (Å²) in [6.07, 6.45) is 4.08. The van der Waals surface area contributed by atoms with Gasteiger partial charge in [0, 0.05) is 10.4 Å². The van der Waals surface area contributed by atoms with Crippen LogP contribution in [0.4, 0.5) is 0 Å². The molecule has 35 heavy (non-hydrogen) atoms. The zero-order chi connectivity index (χ0) is 24.4. The Hall–Kier alpha value is -3.43. The first-order valence-corrected chi connectivity index (χ1v) is 13.2. The average molecular weight is 505 g/mol. The van der Waals surface area contributed by atoms with Crippen LogP contribution in [0.1, 0.15) is 39.2 Å². The Labute approximate surface area is 210 Å². The summed E-state index contributed by atoms with van der Waals surface area (Å²) in [5, 5.41) is 1.15. The summed E-state index contributed by atoms with van der Waals surface area (Å²) in [6.45, 7) is 1.94. The number of aromatic nitrogens is 2. The van der Waals surface area contributed by atoms with Gasteiger partial charge in [0.15, 0.2) is 5.16 Å². The Morgan fingerprint density at radius 1 is 1.03 bits per heavy atom. The zero-order valence-electron chi connectivity index (χ0n) is 19.2. The highest BCUT2D eigenvalue weighted by Crippen LogP contribution is 2.35. The average Bonchev–Trinajstić information content (AvgIpc) is 3.25. The molecule has 0 spiro atoms. The van der Waals surface area contributed by atoms with Crippen LogP contribution < -0.4 is 16.4 Å². The number of fused-ring (bicyclic) bond motifs is 3. The first-order valence-electron chi connectivity index (χ1n) is 11.4. The van der Waals surface area contributed by atoms with Crippen LogP contribution in [-0.2, 0) is 17.6 Å². The number of carbonyl (C=O) groups excluding carboxylic acids is 2. The van der Waals surface area contributed by atoms with Crippen LogP contribution in [0.15, 0.2) is 64.5 Å². The summed E-state index contributed by atoms with van der Waals surface area (Å²) in [5.41, 5.74) is 8.12. The molecule has 2 N–H and O–H groups in total. The van der Waals surface area contributed by atoms with E-state index in [0.29, 0.717) is 21.8 Å². The Morgan fingerprint density at radius 2 is 1.77 bits per heavy atom. The van der Waals surface area contributed by atoms with Gasteiger partial charge < -0.3 is 0 Å². The van der Waals surface area contributed by atoms with Gasteiger partial charge in [0.2, 0.25) is 5.91 Å². The van der Waals surface area contributed by atoms with Crippen LogP contribution >= 0.6 is 23.1 Å². The molecule has 0 atom stereocenters. The smallest absolute Gasteiger partial charge is 0.269 e. The van der Waals surface area contributed by atoms with Crippen molar-refractivity contribution in [2.45, 2.75) is 37.8 Å². The van der Waals surface area contributed by atoms with Crippen LogP contribution in [0.3, 0.4) is 0 Å². The van der Waals surface area contributed by atoms with E-state index in [4.69, 9.17) is 4.98 Å². The normalized spacial score (nSPS) is 12.8. The lowest BCUT2D eigenvalue weighted by molar-refractivity contribution is -0.119. The van der Waals surface area contributed by atoms with Gasteiger partial charge in [0.1, 0.15) is 4.83 Å². The van der Waals surface area contributed by atoms with Gasteiger partial charge in [0.05, 0.1) is 16.8 Å². The molecule has 0 saturated heterocycles. The molecule has 5 rings (SSSR count). The Bertz CT molecular complexity index is 1460. The van der Waals surface area contributed by atoms with Crippen molar-refractivity contribution in [3.05, 3.63) is 86.5 Å². The fourth-order valence-electron chi connectivity index (χ4n) is 4.16. The summed E-state index contributed by atoms with van der Waals surface area (Å²) in [4.78, 5) is 45.2. The molecule has 0 bridgehead atoms. The van der Waals surface area contributed by atoms with Gasteiger partial charge in [-0.1, -0.05) is 47.7 Å². The third-order valence-corrected chi connectivity index (χ3v) is 8.06. The molecule has 7 nitrogen and oxygen atoms in total. The molecule has 0 fully saturated rings. The molecule has 2 heterocycles. The van der Waals surface area contributed by atoms with Crippen molar-refractivity contribution in [3.63, 3.8) is 0 Å². The highest BCUT2D eigenvalue weighted by atomic mass is 32.2. The van der Waals surface area contributed by atoms with E-state index >= 15 is 0 Å². The van der Waals surface area contributed by atoms with E-state index in [9.17, 15) is 14.4 Å². The summed E-state index contributed by atoms with van der Waals surface area (Å²) in [7, 11) is 0. The number of hydrogen-bond acceptors (Lipinski definition) is 6. The molecule has 2 aromatic carbocycles. The van der Waals surface area contributed by atoms with E-state index in [1.807, 2.05) is 49.4 Å². The fraction of sp³-hybridized carbons (Fsp3) is 0.231. The van der Waals surface area contributed by atoms with Crippen LogP contribution in [0, 0.1) is 6.92 Å². The van der Waals surface area contributed by atoms with E-state index in [0.717, 1.165) is 41.6 Å². The summed E-state index contributed by atoms with van der Waals surface area (Å²) in [6, 6.07) is 16.4. The molecular weight excluding hydrogens is 480 g/mol. The largest absolute Gasteiger partial charge is 0.272 e. The Kier molecular flexibility index (Phi) is 6.70. The number of hydrogen-bond donors (Lipinski definition) is 2. The third-order valence-electron chi connectivity index (χ3n) is 5.93. The highest BCUT2D eigenvalue weighted by Gasteiger charge is 2.23. The Balaban J connectivity index is 1.38. The number of hydrazine groups is 1. The SMILES string of the molecule is Cc1ccc(C(=O)NNC(=O)CSc2nc3sc4c(c3c(=O)n2-c2ccccc2)CCCC4)cc1. The summed E-state index contributed by atoms with van der Waals surface area (Å²) < 4.78 is 1.59. The number of nitrogens with one attached hydrogen (secondary N) is 2. The van der Waals surface area contributed by atoms with E-state index in [2.05, 4.69) is 10.9 Å². The van der Waals surface area contributed by atoms with Gasteiger partial charge in [-0.15, -0.1) is 11.3 Å². The molecule has 4 aromatic rings. The zero-order valence-corrected chi connectivity index (χ0v) is 20.8. The molecule has 2 amide bonds. The molecule has 2 aromatic heterocycles. The third kappa shape index (κ3) is 4.87. The first kappa shape index (κ1) is 23.3. The number of nitrogens with zero attached hydrogens (tertiary/aromatic N) is 2. The number of benzene rings is 2. The van der Waals surface area contributed by atoms with Gasteiger partial charge in [-0.3, -0.25) is 29.8 Å². The number of thioether (sulfide) groups is 1. The summed E-state index contributed by atoms with van der Waals surface area (Å²) >= 11 is 2.75. The monoisotopic (exact) mass is 504 g/mol. The highest BCUT2D eigenvalue weighted by molar-refractivity contribution is 7.99. The maximum absolute atomic E-state index is 13.7. The van der Waals surface area contributed by atoms with E-state index in [-0.39, 0.29) is 11.3 Å². The number of carbonyl (C=O) groups is 2. The maximum atomic E-state index is 13.7. The number of amides is 2. The molecule has 0 aliphatic heterocycles. The lowest BCUT2D eigenvalue weighted by atomic mass is 9.97. The second-order valence-electron chi connectivity index (χ2n) is 8.42. The molecule has 1 aliphatic carbocycles. The lowest BCUT2D eigenvalue weighted by Gasteiger charge is -2.13. The van der Waals surface area contributed by atoms with Crippen LogP contribution in [0.5, 0.6) is 0 Å². The fourth-order valence-corrected chi connectivity index (χ4v) is 6.27. The van der Waals surface area contributed by atoms with Crippen LogP contribution in [-0.4, -0.2) is 27.1 Å². The molecule has 0 radical (unpaired) electrons. The van der Waals surface area contributed by atoms with Crippen LogP contribution in [0.2, 0.25) is 0 Å². The number of aryl methyl sites for hydroxylation is 3.